The zero-order valence-corrected chi connectivity index (χ0v) is 10.2. The summed E-state index contributed by atoms with van der Waals surface area (Å²) in [5.74, 6) is -1.55. The third-order valence-corrected chi connectivity index (χ3v) is 2.88. The summed E-state index contributed by atoms with van der Waals surface area (Å²) in [5.41, 5.74) is 0.671. The fourth-order valence-corrected chi connectivity index (χ4v) is 2.01. The summed E-state index contributed by atoms with van der Waals surface area (Å²) < 4.78 is 18.2. The lowest BCUT2D eigenvalue weighted by Crippen LogP contribution is -2.46. The van der Waals surface area contributed by atoms with Crippen LogP contribution in [0.5, 0.6) is 0 Å². The number of hydrogen-bond acceptors (Lipinski definition) is 3. The topological polar surface area (TPSA) is 66.8 Å². The van der Waals surface area contributed by atoms with Gasteiger partial charge in [-0.15, -0.1) is 0 Å². The number of carbonyl (C=O) groups excluding carboxylic acids is 1. The van der Waals surface area contributed by atoms with Crippen molar-refractivity contribution in [1.82, 2.24) is 4.90 Å². The fraction of sp³-hybridized carbons (Fsp3) is 0.385. The van der Waals surface area contributed by atoms with Crippen LogP contribution in [-0.2, 0) is 20.9 Å². The van der Waals surface area contributed by atoms with E-state index in [0.29, 0.717) is 5.56 Å². The lowest BCUT2D eigenvalue weighted by atomic mass is 10.1. The van der Waals surface area contributed by atoms with E-state index in [0.717, 1.165) is 0 Å². The van der Waals surface area contributed by atoms with Crippen LogP contribution in [-0.4, -0.2) is 41.1 Å². The third kappa shape index (κ3) is 3.75. The molecule has 1 aliphatic heterocycles. The first-order chi connectivity index (χ1) is 9.04. The van der Waals surface area contributed by atoms with Gasteiger partial charge in [-0.25, -0.2) is 4.39 Å². The summed E-state index contributed by atoms with van der Waals surface area (Å²) in [6, 6.07) is 5.98. The SMILES string of the molecule is O=C(O)CC1CN(Cc2cccc(F)c2)C(=O)CO1. The summed E-state index contributed by atoms with van der Waals surface area (Å²) >= 11 is 0. The van der Waals surface area contributed by atoms with Crippen molar-refractivity contribution in [1.29, 1.82) is 0 Å². The number of morpholine rings is 1. The molecule has 1 aromatic rings. The number of hydrogen-bond donors (Lipinski definition) is 1. The Kier molecular flexibility index (Phi) is 4.11. The molecule has 0 aliphatic carbocycles. The highest BCUT2D eigenvalue weighted by atomic mass is 19.1. The fourth-order valence-electron chi connectivity index (χ4n) is 2.01. The molecule has 19 heavy (non-hydrogen) atoms. The van der Waals surface area contributed by atoms with Gasteiger partial charge in [-0.3, -0.25) is 9.59 Å². The maximum atomic E-state index is 13.1. The number of nitrogens with zero attached hydrogens (tertiary/aromatic N) is 1. The van der Waals surface area contributed by atoms with Gasteiger partial charge in [0.25, 0.3) is 0 Å². The van der Waals surface area contributed by atoms with Crippen molar-refractivity contribution < 1.29 is 23.8 Å². The predicted molar refractivity (Wildman–Crippen MR) is 63.8 cm³/mol. The number of benzene rings is 1. The summed E-state index contributed by atoms with van der Waals surface area (Å²) in [6.45, 7) is 0.338. The van der Waals surface area contributed by atoms with Crippen molar-refractivity contribution in [2.45, 2.75) is 19.1 Å². The Morgan fingerprint density at radius 2 is 2.32 bits per heavy atom. The molecule has 0 radical (unpaired) electrons. The minimum Gasteiger partial charge on any atom is -0.481 e. The Bertz CT molecular complexity index is 491. The van der Waals surface area contributed by atoms with E-state index in [2.05, 4.69) is 0 Å². The van der Waals surface area contributed by atoms with Crippen molar-refractivity contribution >= 4 is 11.9 Å². The molecule has 1 aliphatic rings. The van der Waals surface area contributed by atoms with E-state index in [9.17, 15) is 14.0 Å². The average Bonchev–Trinajstić information content (AvgIpc) is 2.33. The summed E-state index contributed by atoms with van der Waals surface area (Å²) in [5, 5.41) is 8.71. The van der Waals surface area contributed by atoms with Crippen LogP contribution in [0.3, 0.4) is 0 Å². The Hall–Kier alpha value is -1.95. The number of carboxylic acids is 1. The van der Waals surface area contributed by atoms with Crippen LogP contribution in [0.4, 0.5) is 4.39 Å². The average molecular weight is 267 g/mol. The van der Waals surface area contributed by atoms with Gasteiger partial charge >= 0.3 is 5.97 Å². The van der Waals surface area contributed by atoms with Gasteiger partial charge in [0.1, 0.15) is 12.4 Å². The molecule has 1 saturated heterocycles. The van der Waals surface area contributed by atoms with E-state index in [1.54, 1.807) is 12.1 Å². The van der Waals surface area contributed by atoms with Crippen molar-refractivity contribution in [2.24, 2.45) is 0 Å². The van der Waals surface area contributed by atoms with Crippen LogP contribution < -0.4 is 0 Å². The van der Waals surface area contributed by atoms with Gasteiger partial charge in [-0.05, 0) is 17.7 Å². The molecule has 1 heterocycles. The van der Waals surface area contributed by atoms with Gasteiger partial charge in [-0.2, -0.15) is 0 Å². The zero-order valence-electron chi connectivity index (χ0n) is 10.2. The van der Waals surface area contributed by atoms with Gasteiger partial charge < -0.3 is 14.7 Å². The van der Waals surface area contributed by atoms with Crippen LogP contribution >= 0.6 is 0 Å². The van der Waals surface area contributed by atoms with Crippen LogP contribution in [0, 0.1) is 5.82 Å². The Morgan fingerprint density at radius 1 is 1.53 bits per heavy atom. The molecule has 0 saturated carbocycles. The van der Waals surface area contributed by atoms with Crippen molar-refractivity contribution in [3.8, 4) is 0 Å². The molecule has 1 fully saturated rings. The second kappa shape index (κ2) is 5.79. The monoisotopic (exact) mass is 267 g/mol. The van der Waals surface area contributed by atoms with Crippen molar-refractivity contribution in [3.05, 3.63) is 35.6 Å². The first kappa shape index (κ1) is 13.5. The number of carbonyl (C=O) groups is 2. The predicted octanol–water partition coefficient (Wildman–Crippen LogP) is 1.03. The summed E-state index contributed by atoms with van der Waals surface area (Å²) in [4.78, 5) is 23.8. The number of amides is 1. The molecule has 1 aromatic carbocycles. The van der Waals surface area contributed by atoms with Gasteiger partial charge in [-0.1, -0.05) is 12.1 Å². The maximum absolute atomic E-state index is 13.1. The Labute approximate surface area is 109 Å². The van der Waals surface area contributed by atoms with Gasteiger partial charge in [0.2, 0.25) is 5.91 Å². The Balaban J connectivity index is 2.01. The quantitative estimate of drug-likeness (QED) is 0.884. The molecule has 1 N–H and O–H groups in total. The smallest absolute Gasteiger partial charge is 0.306 e. The van der Waals surface area contributed by atoms with E-state index < -0.39 is 12.1 Å². The minimum atomic E-state index is -0.968. The van der Waals surface area contributed by atoms with Crippen LogP contribution in [0.15, 0.2) is 24.3 Å². The van der Waals surface area contributed by atoms with Crippen LogP contribution in [0.2, 0.25) is 0 Å². The van der Waals surface area contributed by atoms with E-state index >= 15 is 0 Å². The molecular weight excluding hydrogens is 253 g/mol. The van der Waals surface area contributed by atoms with Gasteiger partial charge in [0.05, 0.1) is 12.5 Å². The number of carboxylic acid groups (broad SMARTS) is 1. The molecule has 5 nitrogen and oxygen atoms in total. The summed E-state index contributed by atoms with van der Waals surface area (Å²) in [7, 11) is 0. The normalized spacial score (nSPS) is 19.5. The van der Waals surface area contributed by atoms with Crippen LogP contribution in [0.25, 0.3) is 0 Å². The highest BCUT2D eigenvalue weighted by molar-refractivity contribution is 5.78. The molecule has 1 atom stereocenters. The number of halogens is 1. The standard InChI is InChI=1S/C13H14FNO4/c14-10-3-1-2-9(4-10)6-15-7-11(5-13(17)18)19-8-12(15)16/h1-4,11H,5-8H2,(H,17,18). The summed E-state index contributed by atoms with van der Waals surface area (Å²) in [6.07, 6.45) is -0.656. The molecule has 0 spiro atoms. The van der Waals surface area contributed by atoms with Crippen molar-refractivity contribution in [2.75, 3.05) is 13.2 Å². The molecule has 1 amide bonds. The number of aliphatic carboxylic acids is 1. The van der Waals surface area contributed by atoms with Gasteiger partial charge in [0, 0.05) is 13.1 Å². The molecule has 6 heteroatoms. The molecule has 2 rings (SSSR count). The second-order valence-electron chi connectivity index (χ2n) is 4.44. The first-order valence-corrected chi connectivity index (χ1v) is 5.90. The van der Waals surface area contributed by atoms with E-state index in [4.69, 9.17) is 9.84 Å². The van der Waals surface area contributed by atoms with E-state index in [1.165, 1.54) is 17.0 Å². The molecular formula is C13H14FNO4. The lowest BCUT2D eigenvalue weighted by Gasteiger charge is -2.32. The Morgan fingerprint density at radius 3 is 3.00 bits per heavy atom. The van der Waals surface area contributed by atoms with E-state index in [-0.39, 0.29) is 37.8 Å². The molecule has 0 aromatic heterocycles. The number of rotatable bonds is 4. The van der Waals surface area contributed by atoms with Crippen LogP contribution in [0.1, 0.15) is 12.0 Å². The lowest BCUT2D eigenvalue weighted by molar-refractivity contribution is -0.155. The zero-order chi connectivity index (χ0) is 13.8. The second-order valence-corrected chi connectivity index (χ2v) is 4.44. The number of ether oxygens (including phenoxy) is 1. The molecule has 102 valence electrons. The maximum Gasteiger partial charge on any atom is 0.306 e. The van der Waals surface area contributed by atoms with Crippen molar-refractivity contribution in [3.63, 3.8) is 0 Å². The van der Waals surface area contributed by atoms with E-state index in [1.807, 2.05) is 0 Å². The van der Waals surface area contributed by atoms with Gasteiger partial charge in [0.15, 0.2) is 0 Å². The highest BCUT2D eigenvalue weighted by Crippen LogP contribution is 2.14. The largest absolute Gasteiger partial charge is 0.481 e. The third-order valence-electron chi connectivity index (χ3n) is 2.88. The highest BCUT2D eigenvalue weighted by Gasteiger charge is 2.27. The minimum absolute atomic E-state index is 0.132. The molecule has 0 bridgehead atoms. The molecule has 1 unspecified atom stereocenters. The first-order valence-electron chi connectivity index (χ1n) is 5.90.